The molecule has 0 spiro atoms. The molecule has 49 heavy (non-hydrogen) atoms. The Morgan fingerprint density at radius 1 is 0.367 bits per heavy atom. The van der Waals surface area contributed by atoms with Gasteiger partial charge in [-0.05, 0) is 61.6 Å². The Morgan fingerprint density at radius 3 is 1.80 bits per heavy atom. The van der Waals surface area contributed by atoms with Crippen molar-refractivity contribution in [3.05, 3.63) is 158 Å². The zero-order valence-electron chi connectivity index (χ0n) is 26.2. The summed E-state index contributed by atoms with van der Waals surface area (Å²) in [6.07, 6.45) is 3.60. The van der Waals surface area contributed by atoms with Gasteiger partial charge in [0.15, 0.2) is 23.1 Å². The molecule has 0 aliphatic heterocycles. The topological polar surface area (TPSA) is 64.7 Å². The van der Waals surface area contributed by atoms with E-state index in [9.17, 15) is 0 Å². The minimum atomic E-state index is 0.542. The number of hydrogen-bond acceptors (Lipinski definition) is 5. The highest BCUT2D eigenvalue weighted by atomic mass is 16.3. The van der Waals surface area contributed by atoms with Crippen molar-refractivity contribution in [3.63, 3.8) is 0 Å². The van der Waals surface area contributed by atoms with Gasteiger partial charge in [0, 0.05) is 33.7 Å². The van der Waals surface area contributed by atoms with Gasteiger partial charge in [-0.2, -0.15) is 0 Å². The van der Waals surface area contributed by atoms with E-state index >= 15 is 0 Å². The van der Waals surface area contributed by atoms with Crippen LogP contribution in [0.15, 0.2) is 162 Å². The predicted octanol–water partition coefficient (Wildman–Crippen LogP) is 11.3. The van der Waals surface area contributed by atoms with Crippen LogP contribution in [0.1, 0.15) is 0 Å². The van der Waals surface area contributed by atoms with Crippen molar-refractivity contribution in [2.45, 2.75) is 0 Å². The summed E-state index contributed by atoms with van der Waals surface area (Å²) in [5.41, 5.74) is 6.43. The second-order valence-electron chi connectivity index (χ2n) is 12.3. The molecule has 0 amide bonds. The molecule has 7 aromatic carbocycles. The average molecular weight is 627 g/mol. The van der Waals surface area contributed by atoms with Crippen LogP contribution in [0.25, 0.3) is 99.5 Å². The summed E-state index contributed by atoms with van der Waals surface area (Å²) in [6, 6.07) is 50.6. The summed E-state index contributed by atoms with van der Waals surface area (Å²) in [7, 11) is 0. The Kier molecular flexibility index (Phi) is 6.11. The molecule has 0 saturated carbocycles. The number of aromatic nitrogens is 4. The van der Waals surface area contributed by atoms with Crippen molar-refractivity contribution in [2.75, 3.05) is 0 Å². The molecule has 5 heteroatoms. The molecule has 0 fully saturated rings. The normalized spacial score (nSPS) is 11.7. The summed E-state index contributed by atoms with van der Waals surface area (Å²) >= 11 is 0. The maximum Gasteiger partial charge on any atom is 0.166 e. The molecule has 5 nitrogen and oxygen atoms in total. The quantitative estimate of drug-likeness (QED) is 0.194. The number of nitrogens with zero attached hydrogens (tertiary/aromatic N) is 4. The molecule has 0 aliphatic carbocycles. The van der Waals surface area contributed by atoms with E-state index in [0.29, 0.717) is 23.1 Å². The lowest BCUT2D eigenvalue weighted by atomic mass is 9.97. The average Bonchev–Trinajstić information content (AvgIpc) is 3.54. The van der Waals surface area contributed by atoms with Gasteiger partial charge < -0.3 is 4.42 Å². The van der Waals surface area contributed by atoms with Gasteiger partial charge in [0.25, 0.3) is 0 Å². The van der Waals surface area contributed by atoms with Crippen LogP contribution in [-0.2, 0) is 0 Å². The number of furan rings is 1. The molecule has 0 N–H and O–H groups in total. The molecule has 0 bridgehead atoms. The maximum atomic E-state index is 6.35. The van der Waals surface area contributed by atoms with E-state index < -0.39 is 0 Å². The van der Waals surface area contributed by atoms with Crippen molar-refractivity contribution >= 4 is 54.3 Å². The summed E-state index contributed by atoms with van der Waals surface area (Å²) in [5, 5.41) is 8.92. The van der Waals surface area contributed by atoms with E-state index in [1.165, 1.54) is 16.3 Å². The lowest BCUT2D eigenvalue weighted by molar-refractivity contribution is 0.667. The molecule has 10 rings (SSSR count). The molecule has 228 valence electrons. The number of fused-ring (bicyclic) bond motifs is 6. The zero-order valence-corrected chi connectivity index (χ0v) is 26.2. The third kappa shape index (κ3) is 4.63. The van der Waals surface area contributed by atoms with Gasteiger partial charge in [-0.1, -0.05) is 127 Å². The smallest absolute Gasteiger partial charge is 0.166 e. The fraction of sp³-hybridized carbons (Fsp3) is 0. The van der Waals surface area contributed by atoms with Crippen LogP contribution in [0, 0.1) is 0 Å². The molecule has 0 radical (unpaired) electrons. The van der Waals surface area contributed by atoms with Gasteiger partial charge in [-0.3, -0.25) is 4.98 Å². The van der Waals surface area contributed by atoms with Crippen LogP contribution < -0.4 is 0 Å². The van der Waals surface area contributed by atoms with Gasteiger partial charge in [0.2, 0.25) is 0 Å². The first-order chi connectivity index (χ1) is 24.2. The third-order valence-electron chi connectivity index (χ3n) is 9.38. The van der Waals surface area contributed by atoms with Crippen molar-refractivity contribution in [1.29, 1.82) is 0 Å². The SMILES string of the molecule is c1ccc2cc(-c3nc(-c4ccc(-c5cccc6ccccc56)cc4)nc(-c4cncc5oc6cc7ccccc7cc6c45)n3)ccc2c1. The Morgan fingerprint density at radius 2 is 0.980 bits per heavy atom. The fourth-order valence-electron chi connectivity index (χ4n) is 6.94. The highest BCUT2D eigenvalue weighted by Gasteiger charge is 2.19. The molecule has 0 atom stereocenters. The van der Waals surface area contributed by atoms with Crippen LogP contribution in [-0.4, -0.2) is 19.9 Å². The van der Waals surface area contributed by atoms with Crippen LogP contribution in [0.4, 0.5) is 0 Å². The fourth-order valence-corrected chi connectivity index (χ4v) is 6.94. The lowest BCUT2D eigenvalue weighted by Gasteiger charge is -2.11. The molecular weight excluding hydrogens is 601 g/mol. The summed E-state index contributed by atoms with van der Waals surface area (Å²) in [5.74, 6) is 1.73. The largest absolute Gasteiger partial charge is 0.454 e. The Bertz CT molecular complexity index is 2890. The molecule has 0 saturated heterocycles. The van der Waals surface area contributed by atoms with E-state index in [2.05, 4.69) is 138 Å². The Hall–Kier alpha value is -6.72. The molecule has 0 unspecified atom stereocenters. The van der Waals surface area contributed by atoms with Crippen LogP contribution in [0.3, 0.4) is 0 Å². The number of pyridine rings is 1. The second kappa shape index (κ2) is 10.9. The number of hydrogen-bond donors (Lipinski definition) is 0. The number of benzene rings is 7. The van der Waals surface area contributed by atoms with Gasteiger partial charge in [-0.15, -0.1) is 0 Å². The maximum absolute atomic E-state index is 6.35. The van der Waals surface area contributed by atoms with E-state index in [-0.39, 0.29) is 0 Å². The Balaban J connectivity index is 1.17. The van der Waals surface area contributed by atoms with E-state index in [1.807, 2.05) is 18.3 Å². The van der Waals surface area contributed by atoms with Gasteiger partial charge in [-0.25, -0.2) is 15.0 Å². The first-order valence-corrected chi connectivity index (χ1v) is 16.3. The van der Waals surface area contributed by atoms with Gasteiger partial charge >= 0.3 is 0 Å². The zero-order chi connectivity index (χ0) is 32.3. The molecule has 3 heterocycles. The molecule has 10 aromatic rings. The minimum Gasteiger partial charge on any atom is -0.454 e. The number of rotatable bonds is 4. The van der Waals surface area contributed by atoms with E-state index in [4.69, 9.17) is 19.4 Å². The van der Waals surface area contributed by atoms with Gasteiger partial charge in [0.1, 0.15) is 5.58 Å². The van der Waals surface area contributed by atoms with E-state index in [0.717, 1.165) is 60.2 Å². The van der Waals surface area contributed by atoms with Crippen LogP contribution in [0.2, 0.25) is 0 Å². The highest BCUT2D eigenvalue weighted by molar-refractivity contribution is 6.14. The first-order valence-electron chi connectivity index (χ1n) is 16.3. The molecule has 0 aliphatic rings. The molecule has 3 aromatic heterocycles. The summed E-state index contributed by atoms with van der Waals surface area (Å²) in [6.45, 7) is 0. The van der Waals surface area contributed by atoms with Crippen LogP contribution >= 0.6 is 0 Å². The summed E-state index contributed by atoms with van der Waals surface area (Å²) in [4.78, 5) is 19.8. The monoisotopic (exact) mass is 626 g/mol. The first kappa shape index (κ1) is 27.4. The second-order valence-corrected chi connectivity index (χ2v) is 12.3. The standard InChI is InChI=1S/C44H26N4O/c1-2-10-31-22-34(21-16-27(31)8-1)43-46-42(30-19-17-29(18-20-30)36-15-7-13-28-9-5-6-14-35(28)36)47-44(48-43)38-25-45-26-40-41(38)37-23-32-11-3-4-12-33(32)24-39(37)49-40/h1-26H. The van der Waals surface area contributed by atoms with Crippen LogP contribution in [0.5, 0.6) is 0 Å². The molecular formula is C44H26N4O. The Labute approximate surface area is 281 Å². The van der Waals surface area contributed by atoms with Crippen molar-refractivity contribution in [1.82, 2.24) is 19.9 Å². The highest BCUT2D eigenvalue weighted by Crippen LogP contribution is 2.38. The predicted molar refractivity (Wildman–Crippen MR) is 199 cm³/mol. The summed E-state index contributed by atoms with van der Waals surface area (Å²) < 4.78 is 6.35. The van der Waals surface area contributed by atoms with Gasteiger partial charge in [0.05, 0.1) is 6.20 Å². The van der Waals surface area contributed by atoms with Crippen molar-refractivity contribution < 1.29 is 4.42 Å². The van der Waals surface area contributed by atoms with Crippen molar-refractivity contribution in [3.8, 4) is 45.3 Å². The van der Waals surface area contributed by atoms with E-state index in [1.54, 1.807) is 6.20 Å². The lowest BCUT2D eigenvalue weighted by Crippen LogP contribution is -2.01. The minimum absolute atomic E-state index is 0.542. The third-order valence-corrected chi connectivity index (χ3v) is 9.38. The van der Waals surface area contributed by atoms with Crippen molar-refractivity contribution in [2.24, 2.45) is 0 Å².